The van der Waals surface area contributed by atoms with Gasteiger partial charge >= 0.3 is 0 Å². The predicted molar refractivity (Wildman–Crippen MR) is 84.3 cm³/mol. The van der Waals surface area contributed by atoms with Crippen molar-refractivity contribution < 1.29 is 5.11 Å². The van der Waals surface area contributed by atoms with E-state index < -0.39 is 6.10 Å². The van der Waals surface area contributed by atoms with Gasteiger partial charge in [-0.3, -0.25) is 0 Å². The van der Waals surface area contributed by atoms with Crippen molar-refractivity contribution in [1.29, 1.82) is 0 Å². The van der Waals surface area contributed by atoms with Gasteiger partial charge < -0.3 is 5.11 Å². The Kier molecular flexibility index (Phi) is 5.15. The van der Waals surface area contributed by atoms with Crippen LogP contribution >= 0.6 is 50.7 Å². The molecule has 2 rings (SSSR count). The van der Waals surface area contributed by atoms with E-state index in [0.29, 0.717) is 27.1 Å². The lowest BCUT2D eigenvalue weighted by Gasteiger charge is -2.14. The van der Waals surface area contributed by atoms with Gasteiger partial charge in [-0.05, 0) is 42.0 Å². The Morgan fingerprint density at radius 1 is 1.00 bits per heavy atom. The second kappa shape index (κ2) is 6.47. The van der Waals surface area contributed by atoms with Gasteiger partial charge in [-0.2, -0.15) is 0 Å². The summed E-state index contributed by atoms with van der Waals surface area (Å²) in [6.45, 7) is 0. The second-order valence-electron chi connectivity index (χ2n) is 4.12. The molecule has 0 radical (unpaired) electrons. The Labute approximate surface area is 135 Å². The molecule has 1 unspecified atom stereocenters. The molecule has 0 aliphatic rings. The SMILES string of the molecule is OC(Cc1cc(Cl)ccc1Cl)c1cc(Br)ccc1Cl. The summed E-state index contributed by atoms with van der Waals surface area (Å²) in [6.07, 6.45) is -0.379. The Balaban J connectivity index is 2.27. The Morgan fingerprint density at radius 3 is 2.42 bits per heavy atom. The third kappa shape index (κ3) is 3.87. The molecule has 0 spiro atoms. The molecule has 2 aromatic carbocycles. The first-order valence-electron chi connectivity index (χ1n) is 5.54. The third-order valence-electron chi connectivity index (χ3n) is 2.74. The van der Waals surface area contributed by atoms with E-state index in [9.17, 15) is 5.11 Å². The molecule has 19 heavy (non-hydrogen) atoms. The molecule has 5 heteroatoms. The third-order valence-corrected chi connectivity index (χ3v) is 4.18. The molecule has 0 fully saturated rings. The van der Waals surface area contributed by atoms with Crippen molar-refractivity contribution in [3.05, 3.63) is 67.1 Å². The van der Waals surface area contributed by atoms with E-state index >= 15 is 0 Å². The standard InChI is InChI=1S/C14H10BrCl3O/c15-9-1-3-13(18)11(7-9)14(19)6-8-5-10(16)2-4-12(8)17/h1-5,7,14,19H,6H2. The minimum atomic E-state index is -0.735. The molecule has 0 heterocycles. The largest absolute Gasteiger partial charge is 0.388 e. The maximum atomic E-state index is 10.3. The number of rotatable bonds is 3. The normalized spacial score (nSPS) is 12.5. The van der Waals surface area contributed by atoms with Crippen molar-refractivity contribution in [3.8, 4) is 0 Å². The molecule has 1 N–H and O–H groups in total. The summed E-state index contributed by atoms with van der Waals surface area (Å²) >= 11 is 21.5. The van der Waals surface area contributed by atoms with E-state index in [0.717, 1.165) is 10.0 Å². The van der Waals surface area contributed by atoms with E-state index in [1.807, 2.05) is 6.07 Å². The Morgan fingerprint density at radius 2 is 1.68 bits per heavy atom. The van der Waals surface area contributed by atoms with Crippen LogP contribution in [0.15, 0.2) is 40.9 Å². The van der Waals surface area contributed by atoms with Crippen molar-refractivity contribution in [2.75, 3.05) is 0 Å². The van der Waals surface area contributed by atoms with Gasteiger partial charge in [0.15, 0.2) is 0 Å². The van der Waals surface area contributed by atoms with Crippen LogP contribution in [-0.2, 0) is 6.42 Å². The molecule has 0 bridgehead atoms. The van der Waals surface area contributed by atoms with Gasteiger partial charge in [0.1, 0.15) is 0 Å². The molecule has 1 atom stereocenters. The van der Waals surface area contributed by atoms with Crippen molar-refractivity contribution in [2.45, 2.75) is 12.5 Å². The molecule has 0 aromatic heterocycles. The van der Waals surface area contributed by atoms with Crippen LogP contribution in [0.3, 0.4) is 0 Å². The fourth-order valence-electron chi connectivity index (χ4n) is 1.79. The zero-order chi connectivity index (χ0) is 14.0. The summed E-state index contributed by atoms with van der Waals surface area (Å²) in [7, 11) is 0. The number of halogens is 4. The summed E-state index contributed by atoms with van der Waals surface area (Å²) < 4.78 is 0.864. The Bertz CT molecular complexity index is 601. The first-order valence-corrected chi connectivity index (χ1v) is 7.47. The van der Waals surface area contributed by atoms with Crippen LogP contribution in [0.4, 0.5) is 0 Å². The minimum Gasteiger partial charge on any atom is -0.388 e. The fraction of sp³-hybridized carbons (Fsp3) is 0.143. The van der Waals surface area contributed by atoms with E-state index in [4.69, 9.17) is 34.8 Å². The summed E-state index contributed by atoms with van der Waals surface area (Å²) in [4.78, 5) is 0. The Hall–Kier alpha value is -0.250. The van der Waals surface area contributed by atoms with Crippen LogP contribution in [0.2, 0.25) is 15.1 Å². The van der Waals surface area contributed by atoms with Gasteiger partial charge in [0.2, 0.25) is 0 Å². The highest BCUT2D eigenvalue weighted by Gasteiger charge is 2.14. The van der Waals surface area contributed by atoms with Crippen LogP contribution in [0.1, 0.15) is 17.2 Å². The second-order valence-corrected chi connectivity index (χ2v) is 6.29. The van der Waals surface area contributed by atoms with Gasteiger partial charge in [-0.15, -0.1) is 0 Å². The highest BCUT2D eigenvalue weighted by molar-refractivity contribution is 9.10. The van der Waals surface area contributed by atoms with Crippen LogP contribution in [0, 0.1) is 0 Å². The zero-order valence-corrected chi connectivity index (χ0v) is 13.6. The number of hydrogen-bond donors (Lipinski definition) is 1. The van der Waals surface area contributed by atoms with Gasteiger partial charge in [0.25, 0.3) is 0 Å². The monoisotopic (exact) mass is 378 g/mol. The number of aliphatic hydroxyl groups excluding tert-OH is 1. The molecular formula is C14H10BrCl3O. The molecule has 1 nitrogen and oxygen atoms in total. The van der Waals surface area contributed by atoms with Gasteiger partial charge in [-0.1, -0.05) is 50.7 Å². The van der Waals surface area contributed by atoms with Crippen molar-refractivity contribution in [1.82, 2.24) is 0 Å². The molecule has 0 saturated heterocycles. The smallest absolute Gasteiger partial charge is 0.0845 e. The quantitative estimate of drug-likeness (QED) is 0.726. The lowest BCUT2D eigenvalue weighted by atomic mass is 10.0. The predicted octanol–water partition coefficient (Wildman–Crippen LogP) is 5.69. The summed E-state index contributed by atoms with van der Waals surface area (Å²) in [5.74, 6) is 0. The van der Waals surface area contributed by atoms with Crippen LogP contribution in [0.25, 0.3) is 0 Å². The first-order chi connectivity index (χ1) is 8.97. The first kappa shape index (κ1) is 15.1. The summed E-state index contributed by atoms with van der Waals surface area (Å²) in [5.41, 5.74) is 1.45. The lowest BCUT2D eigenvalue weighted by molar-refractivity contribution is 0.178. The highest BCUT2D eigenvalue weighted by atomic mass is 79.9. The van der Waals surface area contributed by atoms with Gasteiger partial charge in [-0.25, -0.2) is 0 Å². The van der Waals surface area contributed by atoms with E-state index in [1.165, 1.54) is 0 Å². The molecule has 0 saturated carbocycles. The summed E-state index contributed by atoms with van der Waals surface area (Å²) in [5, 5.41) is 12.0. The fourth-order valence-corrected chi connectivity index (χ4v) is 2.80. The number of benzene rings is 2. The molecule has 0 aliphatic heterocycles. The van der Waals surface area contributed by atoms with Gasteiger partial charge in [0.05, 0.1) is 6.10 Å². The number of aliphatic hydroxyl groups is 1. The number of hydrogen-bond acceptors (Lipinski definition) is 1. The molecule has 0 aliphatic carbocycles. The molecule has 2 aromatic rings. The van der Waals surface area contributed by atoms with Crippen molar-refractivity contribution in [2.24, 2.45) is 0 Å². The minimum absolute atomic E-state index is 0.357. The molecule has 0 amide bonds. The van der Waals surface area contributed by atoms with Crippen LogP contribution in [-0.4, -0.2) is 5.11 Å². The van der Waals surface area contributed by atoms with Crippen molar-refractivity contribution in [3.63, 3.8) is 0 Å². The maximum absolute atomic E-state index is 10.3. The van der Waals surface area contributed by atoms with E-state index in [2.05, 4.69) is 15.9 Å². The topological polar surface area (TPSA) is 20.2 Å². The maximum Gasteiger partial charge on any atom is 0.0845 e. The molecule has 100 valence electrons. The summed E-state index contributed by atoms with van der Waals surface area (Å²) in [6, 6.07) is 10.5. The highest BCUT2D eigenvalue weighted by Crippen LogP contribution is 2.31. The van der Waals surface area contributed by atoms with E-state index in [-0.39, 0.29) is 0 Å². The van der Waals surface area contributed by atoms with Crippen LogP contribution in [0.5, 0.6) is 0 Å². The zero-order valence-electron chi connectivity index (χ0n) is 9.71. The lowest BCUT2D eigenvalue weighted by Crippen LogP contribution is -2.03. The molecular weight excluding hydrogens is 370 g/mol. The van der Waals surface area contributed by atoms with Crippen molar-refractivity contribution >= 4 is 50.7 Å². The average Bonchev–Trinajstić information content (AvgIpc) is 2.36. The van der Waals surface area contributed by atoms with E-state index in [1.54, 1.807) is 30.3 Å². The van der Waals surface area contributed by atoms with Gasteiger partial charge in [0, 0.05) is 31.5 Å². The average molecular weight is 380 g/mol. The van der Waals surface area contributed by atoms with Crippen LogP contribution < -0.4 is 0 Å².